The second-order valence-electron chi connectivity index (χ2n) is 8.82. The van der Waals surface area contributed by atoms with Crippen LogP contribution >= 0.6 is 0 Å². The number of rotatable bonds is 7. The number of benzene rings is 2. The topological polar surface area (TPSA) is 35.6 Å². The van der Waals surface area contributed by atoms with Crippen molar-refractivity contribution >= 4 is 5.91 Å². The summed E-state index contributed by atoms with van der Waals surface area (Å²) in [6.45, 7) is 7.31. The van der Waals surface area contributed by atoms with Crippen LogP contribution in [0.3, 0.4) is 0 Å². The van der Waals surface area contributed by atoms with Crippen molar-refractivity contribution in [3.05, 3.63) is 70.8 Å². The van der Waals surface area contributed by atoms with Gasteiger partial charge in [0.1, 0.15) is 0 Å². The second-order valence-corrected chi connectivity index (χ2v) is 8.82. The van der Waals surface area contributed by atoms with Gasteiger partial charge in [0.2, 0.25) is 0 Å². The average Bonchev–Trinajstić information content (AvgIpc) is 3.15. The van der Waals surface area contributed by atoms with Gasteiger partial charge < -0.3 is 5.32 Å². The van der Waals surface area contributed by atoms with Crippen LogP contribution in [0.1, 0.15) is 65.6 Å². The maximum Gasteiger partial charge on any atom is 0.251 e. The molecule has 0 saturated carbocycles. The van der Waals surface area contributed by atoms with E-state index in [1.54, 1.807) is 0 Å². The quantitative estimate of drug-likeness (QED) is 0.732. The highest BCUT2D eigenvalue weighted by Crippen LogP contribution is 2.17. The Morgan fingerprint density at radius 1 is 0.700 bits per heavy atom. The molecule has 0 bridgehead atoms. The first-order chi connectivity index (χ1) is 14.8. The molecule has 1 amide bonds. The lowest BCUT2D eigenvalue weighted by Gasteiger charge is -2.20. The molecule has 2 aliphatic heterocycles. The largest absolute Gasteiger partial charge is 0.348 e. The number of likely N-dealkylation sites (tertiary alicyclic amines) is 2. The van der Waals surface area contributed by atoms with E-state index in [4.69, 9.17) is 0 Å². The van der Waals surface area contributed by atoms with E-state index < -0.39 is 0 Å². The summed E-state index contributed by atoms with van der Waals surface area (Å²) < 4.78 is 0. The van der Waals surface area contributed by atoms with E-state index in [9.17, 15) is 4.79 Å². The van der Waals surface area contributed by atoms with E-state index in [0.717, 1.165) is 18.7 Å². The van der Waals surface area contributed by atoms with Crippen LogP contribution in [0, 0.1) is 0 Å². The third-order valence-electron chi connectivity index (χ3n) is 6.47. The summed E-state index contributed by atoms with van der Waals surface area (Å²) in [5, 5.41) is 3.12. The molecule has 4 heteroatoms. The Morgan fingerprint density at radius 2 is 1.27 bits per heavy atom. The monoisotopic (exact) mass is 405 g/mol. The van der Waals surface area contributed by atoms with E-state index in [-0.39, 0.29) is 5.91 Å². The van der Waals surface area contributed by atoms with E-state index >= 15 is 0 Å². The molecule has 0 spiro atoms. The summed E-state index contributed by atoms with van der Waals surface area (Å²) in [5.41, 5.74) is 4.58. The smallest absolute Gasteiger partial charge is 0.251 e. The van der Waals surface area contributed by atoms with Crippen molar-refractivity contribution in [2.45, 2.75) is 58.2 Å². The van der Waals surface area contributed by atoms with Gasteiger partial charge in [0, 0.05) is 25.2 Å². The van der Waals surface area contributed by atoms with Crippen molar-refractivity contribution in [2.24, 2.45) is 0 Å². The van der Waals surface area contributed by atoms with Gasteiger partial charge in [-0.25, -0.2) is 0 Å². The molecule has 1 N–H and O–H groups in total. The molecule has 2 fully saturated rings. The number of hydrogen-bond donors (Lipinski definition) is 1. The molecule has 2 heterocycles. The molecule has 2 aromatic rings. The maximum atomic E-state index is 12.7. The van der Waals surface area contributed by atoms with Gasteiger partial charge in [-0.15, -0.1) is 0 Å². The third kappa shape index (κ3) is 5.93. The molecule has 30 heavy (non-hydrogen) atoms. The van der Waals surface area contributed by atoms with E-state index in [2.05, 4.69) is 51.5 Å². The van der Waals surface area contributed by atoms with Crippen LogP contribution < -0.4 is 5.32 Å². The number of carbonyl (C=O) groups is 1. The summed E-state index contributed by atoms with van der Waals surface area (Å²) >= 11 is 0. The molecule has 160 valence electrons. The minimum Gasteiger partial charge on any atom is -0.348 e. The first-order valence-corrected chi connectivity index (χ1v) is 11.7. The molecule has 4 nitrogen and oxygen atoms in total. The summed E-state index contributed by atoms with van der Waals surface area (Å²) in [6.07, 6.45) is 7.92. The molecule has 0 aromatic heterocycles. The van der Waals surface area contributed by atoms with Crippen LogP contribution in [-0.2, 0) is 19.6 Å². The van der Waals surface area contributed by atoms with Gasteiger partial charge in [-0.3, -0.25) is 14.6 Å². The van der Waals surface area contributed by atoms with Crippen LogP contribution in [0.5, 0.6) is 0 Å². The third-order valence-corrected chi connectivity index (χ3v) is 6.47. The van der Waals surface area contributed by atoms with Gasteiger partial charge in [0.05, 0.1) is 0 Å². The number of nitrogens with one attached hydrogen (secondary N) is 1. The lowest BCUT2D eigenvalue weighted by Crippen LogP contribution is -2.25. The zero-order valence-electron chi connectivity index (χ0n) is 18.1. The zero-order chi connectivity index (χ0) is 20.6. The van der Waals surface area contributed by atoms with Gasteiger partial charge >= 0.3 is 0 Å². The van der Waals surface area contributed by atoms with Crippen LogP contribution in [0.25, 0.3) is 0 Å². The van der Waals surface area contributed by atoms with Crippen molar-refractivity contribution in [1.82, 2.24) is 15.1 Å². The summed E-state index contributed by atoms with van der Waals surface area (Å²) in [5.74, 6) is 0.00676. The molecule has 0 unspecified atom stereocenters. The lowest BCUT2D eigenvalue weighted by atomic mass is 10.1. The Bertz CT molecular complexity index is 803. The first kappa shape index (κ1) is 21.1. The van der Waals surface area contributed by atoms with Crippen LogP contribution in [-0.4, -0.2) is 41.9 Å². The molecule has 0 atom stereocenters. The fourth-order valence-electron chi connectivity index (χ4n) is 4.66. The Balaban J connectivity index is 1.31. The minimum atomic E-state index is 0.00676. The molecular weight excluding hydrogens is 370 g/mol. The van der Waals surface area contributed by atoms with Gasteiger partial charge in [0.25, 0.3) is 5.91 Å². The summed E-state index contributed by atoms with van der Waals surface area (Å²) in [7, 11) is 0. The predicted octanol–water partition coefficient (Wildman–Crippen LogP) is 4.59. The molecule has 0 aliphatic carbocycles. The molecule has 2 aromatic carbocycles. The number of nitrogens with zero attached hydrogens (tertiary/aromatic N) is 2. The average molecular weight is 406 g/mol. The van der Waals surface area contributed by atoms with Gasteiger partial charge in [-0.1, -0.05) is 49.2 Å². The summed E-state index contributed by atoms with van der Waals surface area (Å²) in [4.78, 5) is 17.7. The molecule has 0 radical (unpaired) electrons. The highest BCUT2D eigenvalue weighted by molar-refractivity contribution is 5.94. The summed E-state index contributed by atoms with van der Waals surface area (Å²) in [6, 6.07) is 16.7. The van der Waals surface area contributed by atoms with E-state index in [0.29, 0.717) is 6.54 Å². The van der Waals surface area contributed by atoms with Crippen molar-refractivity contribution in [3.8, 4) is 0 Å². The van der Waals surface area contributed by atoms with Crippen LogP contribution in [0.4, 0.5) is 0 Å². The highest BCUT2D eigenvalue weighted by atomic mass is 16.1. The molecular formula is C26H35N3O. The normalized spacial score (nSPS) is 18.3. The maximum absolute atomic E-state index is 12.7. The van der Waals surface area contributed by atoms with Crippen LogP contribution in [0.2, 0.25) is 0 Å². The lowest BCUT2D eigenvalue weighted by molar-refractivity contribution is 0.0950. The Morgan fingerprint density at radius 3 is 1.93 bits per heavy atom. The fourth-order valence-corrected chi connectivity index (χ4v) is 4.66. The molecule has 2 saturated heterocycles. The van der Waals surface area contributed by atoms with E-state index in [1.165, 1.54) is 81.4 Å². The number of hydrogen-bond acceptors (Lipinski definition) is 3. The Kier molecular flexibility index (Phi) is 7.54. The number of amides is 1. The second kappa shape index (κ2) is 10.7. The molecule has 4 rings (SSSR count). The highest BCUT2D eigenvalue weighted by Gasteiger charge is 2.14. The van der Waals surface area contributed by atoms with Crippen LogP contribution in [0.15, 0.2) is 48.5 Å². The van der Waals surface area contributed by atoms with E-state index in [1.807, 2.05) is 12.1 Å². The number of carbonyl (C=O) groups excluding carboxylic acids is 1. The van der Waals surface area contributed by atoms with Crippen molar-refractivity contribution in [1.29, 1.82) is 0 Å². The fraction of sp³-hybridized carbons (Fsp3) is 0.500. The van der Waals surface area contributed by atoms with Gasteiger partial charge in [-0.2, -0.15) is 0 Å². The predicted molar refractivity (Wildman–Crippen MR) is 122 cm³/mol. The van der Waals surface area contributed by atoms with Crippen molar-refractivity contribution < 1.29 is 4.79 Å². The van der Waals surface area contributed by atoms with Crippen molar-refractivity contribution in [3.63, 3.8) is 0 Å². The SMILES string of the molecule is O=C(NCc1ccccc1CN1CCCC1)c1ccc(CN2CCCCCC2)cc1. The van der Waals surface area contributed by atoms with Crippen molar-refractivity contribution in [2.75, 3.05) is 26.2 Å². The standard InChI is InChI=1S/C26H35N3O/c30-26(23-13-11-22(12-14-23)20-28-15-5-1-2-6-16-28)27-19-24-9-3-4-10-25(24)21-29-17-7-8-18-29/h3-4,9-14H,1-2,5-8,15-21H2,(H,27,30). The Labute approximate surface area is 181 Å². The Hall–Kier alpha value is -2.17. The first-order valence-electron chi connectivity index (χ1n) is 11.7. The minimum absolute atomic E-state index is 0.00676. The zero-order valence-corrected chi connectivity index (χ0v) is 18.1. The van der Waals surface area contributed by atoms with Gasteiger partial charge in [0.15, 0.2) is 0 Å². The van der Waals surface area contributed by atoms with Gasteiger partial charge in [-0.05, 0) is 80.7 Å². The molecule has 2 aliphatic rings.